The molecule has 2 N–H and O–H groups in total. The zero-order valence-corrected chi connectivity index (χ0v) is 14.4. The van der Waals surface area contributed by atoms with Crippen LogP contribution in [0, 0.1) is 0 Å². The number of carbonyl (C=O) groups excluding carboxylic acids is 2. The average molecular weight is 363 g/mol. The molecule has 0 bridgehead atoms. The molecule has 0 fully saturated rings. The average Bonchev–Trinajstić information content (AvgIpc) is 2.55. The van der Waals surface area contributed by atoms with Crippen LogP contribution in [-0.2, 0) is 12.8 Å². The van der Waals surface area contributed by atoms with Gasteiger partial charge in [-0.2, -0.15) is 0 Å². The Morgan fingerprint density at radius 2 is 1.58 bits per heavy atom. The van der Waals surface area contributed by atoms with E-state index in [1.54, 1.807) is 18.2 Å². The van der Waals surface area contributed by atoms with E-state index in [2.05, 4.69) is 16.7 Å². The largest absolute Gasteiger partial charge is 0.326 e. The number of aryl methyl sites for hydroxylation is 1. The van der Waals surface area contributed by atoms with Crippen LogP contribution in [0.25, 0.3) is 0 Å². The highest BCUT2D eigenvalue weighted by molar-refractivity contribution is 6.40. The van der Waals surface area contributed by atoms with E-state index in [4.69, 9.17) is 23.2 Å². The standard InChI is InChI=1S/C18H16Cl2N2O2/c19-13-8-4-9-14(20)16(13)17(23)22-18(24)21-15-10-3-6-11-5-1-2-7-12(11)15/h3-4,6,8-10H,1-2,5,7H2,(H2,21,22,23,24). The summed E-state index contributed by atoms with van der Waals surface area (Å²) in [5, 5.41) is 5.43. The highest BCUT2D eigenvalue weighted by atomic mass is 35.5. The quantitative estimate of drug-likeness (QED) is 0.803. The van der Waals surface area contributed by atoms with Crippen molar-refractivity contribution in [3.63, 3.8) is 0 Å². The number of amides is 3. The molecule has 0 aliphatic heterocycles. The van der Waals surface area contributed by atoms with Gasteiger partial charge in [0.2, 0.25) is 0 Å². The first-order valence-corrected chi connectivity index (χ1v) is 8.49. The number of urea groups is 1. The number of hydrogen-bond donors (Lipinski definition) is 2. The molecule has 24 heavy (non-hydrogen) atoms. The first-order valence-electron chi connectivity index (χ1n) is 7.73. The van der Waals surface area contributed by atoms with E-state index in [9.17, 15) is 9.59 Å². The molecule has 124 valence electrons. The molecule has 3 rings (SSSR count). The Hall–Kier alpha value is -2.04. The van der Waals surface area contributed by atoms with E-state index in [-0.39, 0.29) is 15.6 Å². The number of carbonyl (C=O) groups is 2. The normalized spacial score (nSPS) is 13.1. The Morgan fingerprint density at radius 1 is 0.917 bits per heavy atom. The maximum Gasteiger partial charge on any atom is 0.326 e. The van der Waals surface area contributed by atoms with Gasteiger partial charge in [-0.1, -0.05) is 41.4 Å². The lowest BCUT2D eigenvalue weighted by Crippen LogP contribution is -2.35. The fourth-order valence-corrected chi connectivity index (χ4v) is 3.50. The van der Waals surface area contributed by atoms with Crippen LogP contribution in [0.2, 0.25) is 10.0 Å². The van der Waals surface area contributed by atoms with Gasteiger partial charge in [0.25, 0.3) is 5.91 Å². The number of nitrogens with one attached hydrogen (secondary N) is 2. The van der Waals surface area contributed by atoms with Crippen LogP contribution in [0.1, 0.15) is 34.3 Å². The summed E-state index contributed by atoms with van der Waals surface area (Å²) < 4.78 is 0. The molecule has 0 saturated heterocycles. The number of imide groups is 1. The van der Waals surface area contributed by atoms with E-state index in [1.165, 1.54) is 5.56 Å². The summed E-state index contributed by atoms with van der Waals surface area (Å²) >= 11 is 12.0. The Labute approximate surface area is 150 Å². The van der Waals surface area contributed by atoms with Gasteiger partial charge in [0.05, 0.1) is 15.6 Å². The van der Waals surface area contributed by atoms with Crippen molar-refractivity contribution in [2.24, 2.45) is 0 Å². The minimum absolute atomic E-state index is 0.0890. The SMILES string of the molecule is O=C(NC(=O)c1c(Cl)cccc1Cl)Nc1cccc2c1CCCC2. The van der Waals surface area contributed by atoms with E-state index < -0.39 is 11.9 Å². The molecule has 1 aliphatic carbocycles. The van der Waals surface area contributed by atoms with Crippen molar-refractivity contribution in [1.29, 1.82) is 0 Å². The number of hydrogen-bond acceptors (Lipinski definition) is 2. The van der Waals surface area contributed by atoms with Crippen molar-refractivity contribution in [1.82, 2.24) is 5.32 Å². The lowest BCUT2D eigenvalue weighted by molar-refractivity contribution is 0.0967. The van der Waals surface area contributed by atoms with Crippen molar-refractivity contribution in [3.05, 3.63) is 63.1 Å². The predicted octanol–water partition coefficient (Wildman–Crippen LogP) is 4.83. The molecular formula is C18H16Cl2N2O2. The van der Waals surface area contributed by atoms with Gasteiger partial charge in [0.1, 0.15) is 0 Å². The van der Waals surface area contributed by atoms with Crippen molar-refractivity contribution < 1.29 is 9.59 Å². The third kappa shape index (κ3) is 3.55. The van der Waals surface area contributed by atoms with Crippen molar-refractivity contribution in [2.75, 3.05) is 5.32 Å². The topological polar surface area (TPSA) is 58.2 Å². The van der Waals surface area contributed by atoms with Gasteiger partial charge < -0.3 is 5.32 Å². The number of benzene rings is 2. The monoisotopic (exact) mass is 362 g/mol. The second-order valence-corrected chi connectivity index (χ2v) is 6.47. The minimum Gasteiger partial charge on any atom is -0.307 e. The van der Waals surface area contributed by atoms with Crippen LogP contribution in [0.5, 0.6) is 0 Å². The summed E-state index contributed by atoms with van der Waals surface area (Å²) in [6, 6.07) is 9.96. The van der Waals surface area contributed by atoms with Crippen molar-refractivity contribution in [2.45, 2.75) is 25.7 Å². The molecule has 3 amide bonds. The van der Waals surface area contributed by atoms with Crippen LogP contribution >= 0.6 is 23.2 Å². The van der Waals surface area contributed by atoms with E-state index >= 15 is 0 Å². The molecule has 0 unspecified atom stereocenters. The number of halogens is 2. The maximum absolute atomic E-state index is 12.2. The van der Waals surface area contributed by atoms with E-state index in [0.717, 1.165) is 36.9 Å². The van der Waals surface area contributed by atoms with Gasteiger partial charge >= 0.3 is 6.03 Å². The summed E-state index contributed by atoms with van der Waals surface area (Å²) in [5.41, 5.74) is 3.22. The Bertz CT molecular complexity index is 785. The summed E-state index contributed by atoms with van der Waals surface area (Å²) in [5.74, 6) is -0.632. The van der Waals surface area contributed by atoms with Gasteiger partial charge in [-0.3, -0.25) is 10.1 Å². The molecule has 2 aromatic carbocycles. The van der Waals surface area contributed by atoms with Crippen LogP contribution in [-0.4, -0.2) is 11.9 Å². The van der Waals surface area contributed by atoms with Gasteiger partial charge in [0, 0.05) is 5.69 Å². The number of rotatable bonds is 2. The van der Waals surface area contributed by atoms with E-state index in [1.807, 2.05) is 12.1 Å². The Kier molecular flexibility index (Phi) is 5.07. The highest BCUT2D eigenvalue weighted by Gasteiger charge is 2.19. The molecule has 0 saturated carbocycles. The van der Waals surface area contributed by atoms with E-state index in [0.29, 0.717) is 0 Å². The van der Waals surface area contributed by atoms with Crippen LogP contribution in [0.4, 0.5) is 10.5 Å². The van der Waals surface area contributed by atoms with Crippen LogP contribution in [0.3, 0.4) is 0 Å². The van der Waals surface area contributed by atoms with Gasteiger partial charge in [-0.05, 0) is 55.0 Å². The molecule has 0 spiro atoms. The molecule has 0 heterocycles. The fourth-order valence-electron chi connectivity index (χ4n) is 2.93. The van der Waals surface area contributed by atoms with Crippen LogP contribution in [0.15, 0.2) is 36.4 Å². The summed E-state index contributed by atoms with van der Waals surface area (Å²) in [4.78, 5) is 24.4. The fraction of sp³-hybridized carbons (Fsp3) is 0.222. The molecule has 0 aromatic heterocycles. The molecular weight excluding hydrogens is 347 g/mol. The van der Waals surface area contributed by atoms with Crippen molar-refractivity contribution >= 4 is 40.8 Å². The second-order valence-electron chi connectivity index (χ2n) is 5.66. The number of anilines is 1. The summed E-state index contributed by atoms with van der Waals surface area (Å²) in [7, 11) is 0. The summed E-state index contributed by atoms with van der Waals surface area (Å²) in [6.45, 7) is 0. The lowest BCUT2D eigenvalue weighted by Gasteiger charge is -2.19. The number of fused-ring (bicyclic) bond motifs is 1. The zero-order chi connectivity index (χ0) is 17.1. The highest BCUT2D eigenvalue weighted by Crippen LogP contribution is 2.28. The zero-order valence-electron chi connectivity index (χ0n) is 12.9. The molecule has 6 heteroatoms. The first-order chi connectivity index (χ1) is 11.6. The van der Waals surface area contributed by atoms with Gasteiger partial charge in [-0.25, -0.2) is 4.79 Å². The first kappa shape index (κ1) is 16.8. The third-order valence-corrected chi connectivity index (χ3v) is 4.69. The lowest BCUT2D eigenvalue weighted by atomic mass is 9.90. The molecule has 2 aromatic rings. The molecule has 1 aliphatic rings. The van der Waals surface area contributed by atoms with Crippen LogP contribution < -0.4 is 10.6 Å². The second kappa shape index (κ2) is 7.24. The predicted molar refractivity (Wildman–Crippen MR) is 96.0 cm³/mol. The summed E-state index contributed by atoms with van der Waals surface area (Å²) in [6.07, 6.45) is 4.20. The smallest absolute Gasteiger partial charge is 0.307 e. The molecule has 0 radical (unpaired) electrons. The van der Waals surface area contributed by atoms with Gasteiger partial charge in [-0.15, -0.1) is 0 Å². The van der Waals surface area contributed by atoms with Gasteiger partial charge in [0.15, 0.2) is 0 Å². The Morgan fingerprint density at radius 3 is 2.33 bits per heavy atom. The minimum atomic E-state index is -0.632. The molecule has 4 nitrogen and oxygen atoms in total. The van der Waals surface area contributed by atoms with Crippen molar-refractivity contribution in [3.8, 4) is 0 Å². The third-order valence-electron chi connectivity index (χ3n) is 4.06. The molecule has 0 atom stereocenters. The maximum atomic E-state index is 12.2. The Balaban J connectivity index is 1.74.